The third-order valence-electron chi connectivity index (χ3n) is 5.19. The van der Waals surface area contributed by atoms with Crippen molar-refractivity contribution >= 4 is 15.9 Å². The normalized spacial score (nSPS) is 17.8. The minimum atomic E-state index is -3.63. The van der Waals surface area contributed by atoms with Gasteiger partial charge in [0.2, 0.25) is 15.9 Å². The van der Waals surface area contributed by atoms with Gasteiger partial charge in [-0.2, -0.15) is 4.31 Å². The molecule has 0 radical (unpaired) electrons. The van der Waals surface area contributed by atoms with Crippen LogP contribution in [0.3, 0.4) is 0 Å². The molecule has 1 N–H and O–H groups in total. The molecular weight excluding hydrogens is 408 g/mol. The van der Waals surface area contributed by atoms with E-state index < -0.39 is 10.0 Å². The van der Waals surface area contributed by atoms with Gasteiger partial charge in [0, 0.05) is 44.8 Å². The van der Waals surface area contributed by atoms with Crippen molar-refractivity contribution in [2.24, 2.45) is 11.8 Å². The fourth-order valence-electron chi connectivity index (χ4n) is 3.54. The minimum absolute atomic E-state index is 0.00441. The molecule has 1 aromatic rings. The number of hydrogen-bond acceptors (Lipinski definition) is 6. The number of carbonyl (C=O) groups is 1. The molecule has 8 nitrogen and oxygen atoms in total. The molecule has 3 rings (SSSR count). The van der Waals surface area contributed by atoms with Gasteiger partial charge in [0.05, 0.1) is 4.90 Å². The van der Waals surface area contributed by atoms with Crippen molar-refractivity contribution in [2.45, 2.75) is 38.0 Å². The molecule has 0 bridgehead atoms. The molecular formula is C21H32N2O6S. The summed E-state index contributed by atoms with van der Waals surface area (Å²) < 4.78 is 43.9. The summed E-state index contributed by atoms with van der Waals surface area (Å²) >= 11 is 0. The van der Waals surface area contributed by atoms with Gasteiger partial charge < -0.3 is 19.5 Å². The molecule has 1 fully saturated rings. The van der Waals surface area contributed by atoms with Crippen molar-refractivity contribution in [3.63, 3.8) is 0 Å². The van der Waals surface area contributed by atoms with Crippen molar-refractivity contribution in [1.29, 1.82) is 0 Å². The predicted octanol–water partition coefficient (Wildman–Crippen LogP) is 2.04. The molecule has 2 heterocycles. The Labute approximate surface area is 178 Å². The summed E-state index contributed by atoms with van der Waals surface area (Å²) in [6.07, 6.45) is 1.80. The molecule has 0 aromatic heterocycles. The topological polar surface area (TPSA) is 94.2 Å². The zero-order chi connectivity index (χ0) is 21.6. The third kappa shape index (κ3) is 5.86. The highest BCUT2D eigenvalue weighted by Gasteiger charge is 2.32. The van der Waals surface area contributed by atoms with E-state index in [9.17, 15) is 13.2 Å². The quantitative estimate of drug-likeness (QED) is 0.591. The predicted molar refractivity (Wildman–Crippen MR) is 112 cm³/mol. The Morgan fingerprint density at radius 3 is 2.60 bits per heavy atom. The highest BCUT2D eigenvalue weighted by molar-refractivity contribution is 7.89. The molecule has 168 valence electrons. The molecule has 0 saturated carbocycles. The standard InChI is InChI=1S/C21H32N2O6S/c1-16(2)15-27-11-3-8-22-21(24)17-6-9-23(10-7-17)30(25,26)18-4-5-19-20(14-18)29-13-12-28-19/h4-5,14,16-17H,3,6-13,15H2,1-2H3,(H,22,24). The maximum Gasteiger partial charge on any atom is 0.243 e. The fourth-order valence-corrected chi connectivity index (χ4v) is 5.03. The lowest BCUT2D eigenvalue weighted by molar-refractivity contribution is -0.126. The Balaban J connectivity index is 1.46. The van der Waals surface area contributed by atoms with E-state index in [-0.39, 0.29) is 16.7 Å². The molecule has 1 aromatic carbocycles. The van der Waals surface area contributed by atoms with E-state index in [0.29, 0.717) is 69.7 Å². The average molecular weight is 441 g/mol. The average Bonchev–Trinajstić information content (AvgIpc) is 2.75. The minimum Gasteiger partial charge on any atom is -0.486 e. The molecule has 1 saturated heterocycles. The molecule has 2 aliphatic heterocycles. The van der Waals surface area contributed by atoms with E-state index in [4.69, 9.17) is 14.2 Å². The monoisotopic (exact) mass is 440 g/mol. The van der Waals surface area contributed by atoms with Crippen molar-refractivity contribution in [3.05, 3.63) is 18.2 Å². The number of rotatable bonds is 9. The van der Waals surface area contributed by atoms with Crippen molar-refractivity contribution in [2.75, 3.05) is 46.1 Å². The van der Waals surface area contributed by atoms with Crippen LogP contribution < -0.4 is 14.8 Å². The van der Waals surface area contributed by atoms with E-state index in [1.165, 1.54) is 10.4 Å². The Morgan fingerprint density at radius 2 is 1.90 bits per heavy atom. The Morgan fingerprint density at radius 1 is 1.20 bits per heavy atom. The molecule has 0 spiro atoms. The third-order valence-corrected chi connectivity index (χ3v) is 7.09. The number of hydrogen-bond donors (Lipinski definition) is 1. The number of carbonyl (C=O) groups excluding carboxylic acids is 1. The first kappa shape index (κ1) is 22.8. The molecule has 30 heavy (non-hydrogen) atoms. The number of amides is 1. The second kappa shape index (κ2) is 10.5. The number of ether oxygens (including phenoxy) is 3. The smallest absolute Gasteiger partial charge is 0.243 e. The Kier molecular flexibility index (Phi) is 7.96. The summed E-state index contributed by atoms with van der Waals surface area (Å²) in [5.41, 5.74) is 0. The zero-order valence-electron chi connectivity index (χ0n) is 17.8. The van der Waals surface area contributed by atoms with E-state index in [2.05, 4.69) is 19.2 Å². The lowest BCUT2D eigenvalue weighted by atomic mass is 9.97. The zero-order valence-corrected chi connectivity index (χ0v) is 18.6. The Hall–Kier alpha value is -1.84. The summed E-state index contributed by atoms with van der Waals surface area (Å²) in [4.78, 5) is 12.6. The van der Waals surface area contributed by atoms with Crippen LogP contribution in [0.15, 0.2) is 23.1 Å². The van der Waals surface area contributed by atoms with Gasteiger partial charge in [-0.05, 0) is 37.3 Å². The van der Waals surface area contributed by atoms with E-state index in [1.54, 1.807) is 12.1 Å². The highest BCUT2D eigenvalue weighted by Crippen LogP contribution is 2.34. The van der Waals surface area contributed by atoms with E-state index >= 15 is 0 Å². The lowest BCUT2D eigenvalue weighted by Gasteiger charge is -2.30. The van der Waals surface area contributed by atoms with E-state index in [0.717, 1.165) is 13.0 Å². The number of nitrogens with one attached hydrogen (secondary N) is 1. The summed E-state index contributed by atoms with van der Waals surface area (Å²) in [6.45, 7) is 7.64. The van der Waals surface area contributed by atoms with Crippen molar-refractivity contribution < 1.29 is 27.4 Å². The van der Waals surface area contributed by atoms with Crippen LogP contribution in [-0.2, 0) is 19.6 Å². The second-order valence-electron chi connectivity index (χ2n) is 8.10. The van der Waals surface area contributed by atoms with Crippen molar-refractivity contribution in [1.82, 2.24) is 9.62 Å². The van der Waals surface area contributed by atoms with Gasteiger partial charge in [0.15, 0.2) is 11.5 Å². The van der Waals surface area contributed by atoms with Gasteiger partial charge in [-0.3, -0.25) is 4.79 Å². The summed E-state index contributed by atoms with van der Waals surface area (Å²) in [5.74, 6) is 1.35. The highest BCUT2D eigenvalue weighted by atomic mass is 32.2. The number of sulfonamides is 1. The van der Waals surface area contributed by atoms with Crippen molar-refractivity contribution in [3.8, 4) is 11.5 Å². The second-order valence-corrected chi connectivity index (χ2v) is 10.0. The van der Waals surface area contributed by atoms with Gasteiger partial charge in [0.25, 0.3) is 0 Å². The van der Waals surface area contributed by atoms with Crippen LogP contribution in [-0.4, -0.2) is 64.7 Å². The fraction of sp³-hybridized carbons (Fsp3) is 0.667. The number of fused-ring (bicyclic) bond motifs is 1. The molecule has 9 heteroatoms. The molecule has 0 aliphatic carbocycles. The number of nitrogens with zero attached hydrogens (tertiary/aromatic N) is 1. The molecule has 0 atom stereocenters. The first-order valence-corrected chi connectivity index (χ1v) is 12.1. The maximum atomic E-state index is 13.0. The van der Waals surface area contributed by atoms with Crippen LogP contribution in [0.2, 0.25) is 0 Å². The van der Waals surface area contributed by atoms with Gasteiger partial charge in [0.1, 0.15) is 13.2 Å². The maximum absolute atomic E-state index is 13.0. The molecule has 0 unspecified atom stereocenters. The van der Waals surface area contributed by atoms with Gasteiger partial charge in [-0.15, -0.1) is 0 Å². The van der Waals surface area contributed by atoms with E-state index in [1.807, 2.05) is 0 Å². The largest absolute Gasteiger partial charge is 0.486 e. The van der Waals surface area contributed by atoms with Gasteiger partial charge >= 0.3 is 0 Å². The SMILES string of the molecule is CC(C)COCCCNC(=O)C1CCN(S(=O)(=O)c2ccc3c(c2)OCCO3)CC1. The first-order chi connectivity index (χ1) is 14.4. The van der Waals surface area contributed by atoms with Gasteiger partial charge in [-0.25, -0.2) is 8.42 Å². The molecule has 2 aliphatic rings. The summed E-state index contributed by atoms with van der Waals surface area (Å²) in [5, 5.41) is 2.94. The lowest BCUT2D eigenvalue weighted by Crippen LogP contribution is -2.43. The first-order valence-electron chi connectivity index (χ1n) is 10.6. The van der Waals surface area contributed by atoms with Gasteiger partial charge in [-0.1, -0.05) is 13.8 Å². The Bertz CT molecular complexity index is 819. The van der Waals surface area contributed by atoms with Crippen LogP contribution >= 0.6 is 0 Å². The molecule has 1 amide bonds. The van der Waals surface area contributed by atoms with Crippen LogP contribution in [0.4, 0.5) is 0 Å². The van der Waals surface area contributed by atoms with Crippen LogP contribution in [0.5, 0.6) is 11.5 Å². The van der Waals surface area contributed by atoms with Crippen LogP contribution in [0.1, 0.15) is 33.1 Å². The number of benzene rings is 1. The van der Waals surface area contributed by atoms with Crippen LogP contribution in [0, 0.1) is 11.8 Å². The summed E-state index contributed by atoms with van der Waals surface area (Å²) in [7, 11) is -3.63. The summed E-state index contributed by atoms with van der Waals surface area (Å²) in [6, 6.07) is 4.69. The number of piperidine rings is 1. The van der Waals surface area contributed by atoms with Crippen LogP contribution in [0.25, 0.3) is 0 Å².